The molecule has 4 aromatic heterocycles. The fourth-order valence-electron chi connectivity index (χ4n) is 4.59. The molecule has 1 aliphatic heterocycles. The van der Waals surface area contributed by atoms with Gasteiger partial charge in [-0.25, -0.2) is 9.97 Å². The first-order chi connectivity index (χ1) is 16.7. The molecule has 5 aromatic rings. The first kappa shape index (κ1) is 20.5. The van der Waals surface area contributed by atoms with Crippen molar-refractivity contribution >= 4 is 22.5 Å². The third-order valence-electron chi connectivity index (χ3n) is 6.38. The zero-order valence-electron chi connectivity index (χ0n) is 18.7. The van der Waals surface area contributed by atoms with Crippen LogP contribution in [-0.2, 0) is 6.54 Å². The number of hydrogen-bond acceptors (Lipinski definition) is 5. The fourth-order valence-corrected chi connectivity index (χ4v) is 4.59. The summed E-state index contributed by atoms with van der Waals surface area (Å²) in [5.41, 5.74) is 5.27. The second-order valence-electron chi connectivity index (χ2n) is 8.57. The van der Waals surface area contributed by atoms with E-state index in [4.69, 9.17) is 9.97 Å². The van der Waals surface area contributed by atoms with Crippen LogP contribution in [0.5, 0.6) is 0 Å². The van der Waals surface area contributed by atoms with Crippen molar-refractivity contribution in [2.75, 3.05) is 26.2 Å². The van der Waals surface area contributed by atoms with Crippen LogP contribution in [0.1, 0.15) is 16.1 Å². The number of fused-ring (bicyclic) bond motifs is 2. The molecule has 0 saturated carbocycles. The fraction of sp³-hybridized carbons (Fsp3) is 0.185. The number of hydrogen-bond donors (Lipinski definition) is 0. The Balaban J connectivity index is 1.21. The minimum absolute atomic E-state index is 0.0567. The number of rotatable bonds is 4. The van der Waals surface area contributed by atoms with E-state index in [2.05, 4.69) is 16.1 Å². The van der Waals surface area contributed by atoms with E-state index in [1.165, 1.54) is 0 Å². The van der Waals surface area contributed by atoms with Gasteiger partial charge in [-0.3, -0.25) is 14.7 Å². The van der Waals surface area contributed by atoms with E-state index in [0.29, 0.717) is 18.7 Å². The Morgan fingerprint density at radius 3 is 2.50 bits per heavy atom. The van der Waals surface area contributed by atoms with Gasteiger partial charge < -0.3 is 9.30 Å². The Morgan fingerprint density at radius 1 is 0.882 bits per heavy atom. The molecule has 7 heteroatoms. The molecule has 0 atom stereocenters. The van der Waals surface area contributed by atoms with Crippen LogP contribution < -0.4 is 0 Å². The van der Waals surface area contributed by atoms with Crippen molar-refractivity contribution in [1.29, 1.82) is 0 Å². The van der Waals surface area contributed by atoms with E-state index in [0.717, 1.165) is 53.1 Å². The lowest BCUT2D eigenvalue weighted by Gasteiger charge is -2.34. The summed E-state index contributed by atoms with van der Waals surface area (Å²) in [6.45, 7) is 3.80. The summed E-state index contributed by atoms with van der Waals surface area (Å²) in [5, 5.41) is 0.887. The number of nitrogens with zero attached hydrogens (tertiary/aromatic N) is 6. The van der Waals surface area contributed by atoms with Crippen molar-refractivity contribution in [2.45, 2.75) is 6.54 Å². The highest BCUT2D eigenvalue weighted by Crippen LogP contribution is 2.26. The highest BCUT2D eigenvalue weighted by atomic mass is 16.2. The first-order valence-corrected chi connectivity index (χ1v) is 11.5. The van der Waals surface area contributed by atoms with E-state index in [9.17, 15) is 4.79 Å². The zero-order chi connectivity index (χ0) is 22.9. The second-order valence-corrected chi connectivity index (χ2v) is 8.57. The maximum absolute atomic E-state index is 13.6. The van der Waals surface area contributed by atoms with Gasteiger partial charge in [-0.15, -0.1) is 0 Å². The summed E-state index contributed by atoms with van der Waals surface area (Å²) < 4.78 is 2.05. The summed E-state index contributed by atoms with van der Waals surface area (Å²) in [5.74, 6) is 0.0567. The number of imidazole rings is 1. The molecular formula is C27H24N6O. The lowest BCUT2D eigenvalue weighted by Crippen LogP contribution is -2.48. The van der Waals surface area contributed by atoms with Gasteiger partial charge in [0.05, 0.1) is 22.5 Å². The number of amides is 1. The second kappa shape index (κ2) is 8.68. The molecule has 34 heavy (non-hydrogen) atoms. The molecule has 1 aromatic carbocycles. The average Bonchev–Trinajstić information content (AvgIpc) is 3.31. The molecule has 1 fully saturated rings. The lowest BCUT2D eigenvalue weighted by atomic mass is 10.0. The van der Waals surface area contributed by atoms with Crippen LogP contribution in [0.2, 0.25) is 0 Å². The van der Waals surface area contributed by atoms with Crippen molar-refractivity contribution in [1.82, 2.24) is 29.2 Å². The van der Waals surface area contributed by atoms with Gasteiger partial charge >= 0.3 is 0 Å². The predicted molar refractivity (Wildman–Crippen MR) is 131 cm³/mol. The largest absolute Gasteiger partial charge is 0.336 e. The molecule has 0 N–H and O–H groups in total. The minimum Gasteiger partial charge on any atom is -0.336 e. The van der Waals surface area contributed by atoms with E-state index >= 15 is 0 Å². The van der Waals surface area contributed by atoms with Crippen LogP contribution in [0.4, 0.5) is 0 Å². The maximum Gasteiger partial charge on any atom is 0.254 e. The van der Waals surface area contributed by atoms with Crippen LogP contribution in [-0.4, -0.2) is 61.2 Å². The molecular weight excluding hydrogens is 424 g/mol. The number of piperazine rings is 1. The van der Waals surface area contributed by atoms with E-state index in [1.807, 2.05) is 76.2 Å². The molecule has 7 nitrogen and oxygen atoms in total. The summed E-state index contributed by atoms with van der Waals surface area (Å²) in [4.78, 5) is 31.6. The van der Waals surface area contributed by atoms with Crippen LogP contribution >= 0.6 is 0 Å². The van der Waals surface area contributed by atoms with Crippen molar-refractivity contribution in [3.8, 4) is 11.3 Å². The molecule has 0 aliphatic carbocycles. The summed E-state index contributed by atoms with van der Waals surface area (Å²) >= 11 is 0. The zero-order valence-corrected chi connectivity index (χ0v) is 18.7. The topological polar surface area (TPSA) is 66.6 Å². The average molecular weight is 449 g/mol. The van der Waals surface area contributed by atoms with Crippen LogP contribution in [0.15, 0.2) is 85.5 Å². The first-order valence-electron chi connectivity index (χ1n) is 11.5. The smallest absolute Gasteiger partial charge is 0.254 e. The van der Waals surface area contributed by atoms with Gasteiger partial charge in [-0.1, -0.05) is 24.3 Å². The van der Waals surface area contributed by atoms with Crippen LogP contribution in [0.3, 0.4) is 0 Å². The predicted octanol–water partition coefficient (Wildman–Crippen LogP) is 3.90. The molecule has 168 valence electrons. The standard InChI is InChI=1S/C27H24N6O/c34-27(23-17-25(20-8-10-28-11-9-20)30-24-6-2-1-5-22(23)24)32-15-13-31(14-16-32)18-21-19-33-12-4-3-7-26(33)29-21/h1-12,17,19H,13-16,18H2. The number of pyridine rings is 3. The number of carbonyl (C=O) groups excluding carboxylic acids is 1. The number of benzene rings is 1. The van der Waals surface area contributed by atoms with Gasteiger partial charge in [-0.2, -0.15) is 0 Å². The number of carbonyl (C=O) groups is 1. The molecule has 5 heterocycles. The molecule has 0 radical (unpaired) electrons. The van der Waals surface area contributed by atoms with Crippen LogP contribution in [0.25, 0.3) is 27.8 Å². The molecule has 1 amide bonds. The Labute approximate surface area is 197 Å². The molecule has 1 aliphatic rings. The maximum atomic E-state index is 13.6. The van der Waals surface area contributed by atoms with Crippen molar-refractivity contribution in [3.05, 3.63) is 96.7 Å². The summed E-state index contributed by atoms with van der Waals surface area (Å²) in [7, 11) is 0. The SMILES string of the molecule is O=C(c1cc(-c2ccncc2)nc2ccccc12)N1CCN(Cc2cn3ccccc3n2)CC1. The van der Waals surface area contributed by atoms with Gasteiger partial charge in [0.1, 0.15) is 5.65 Å². The summed E-state index contributed by atoms with van der Waals surface area (Å²) in [6, 6.07) is 19.6. The Morgan fingerprint density at radius 2 is 1.68 bits per heavy atom. The number of para-hydroxylation sites is 1. The van der Waals surface area contributed by atoms with Crippen LogP contribution in [0, 0.1) is 0 Å². The Hall–Kier alpha value is -4.10. The Bertz CT molecular complexity index is 1440. The number of aromatic nitrogens is 4. The van der Waals surface area contributed by atoms with Crippen molar-refractivity contribution in [2.24, 2.45) is 0 Å². The lowest BCUT2D eigenvalue weighted by molar-refractivity contribution is 0.0629. The third-order valence-corrected chi connectivity index (χ3v) is 6.38. The molecule has 0 bridgehead atoms. The van der Waals surface area contributed by atoms with Gasteiger partial charge in [0.15, 0.2) is 0 Å². The molecule has 6 rings (SSSR count). The van der Waals surface area contributed by atoms with E-state index in [1.54, 1.807) is 12.4 Å². The van der Waals surface area contributed by atoms with Crippen molar-refractivity contribution in [3.63, 3.8) is 0 Å². The van der Waals surface area contributed by atoms with E-state index < -0.39 is 0 Å². The third kappa shape index (κ3) is 3.91. The molecule has 1 saturated heterocycles. The van der Waals surface area contributed by atoms with Gasteiger partial charge in [0.25, 0.3) is 5.91 Å². The van der Waals surface area contributed by atoms with Gasteiger partial charge in [0, 0.05) is 68.5 Å². The highest BCUT2D eigenvalue weighted by molar-refractivity contribution is 6.07. The summed E-state index contributed by atoms with van der Waals surface area (Å²) in [6.07, 6.45) is 7.59. The normalized spacial score (nSPS) is 14.6. The van der Waals surface area contributed by atoms with Gasteiger partial charge in [0.2, 0.25) is 0 Å². The monoisotopic (exact) mass is 448 g/mol. The Kier molecular flexibility index (Phi) is 5.24. The molecule has 0 unspecified atom stereocenters. The van der Waals surface area contributed by atoms with Gasteiger partial charge in [-0.05, 0) is 36.4 Å². The van der Waals surface area contributed by atoms with E-state index in [-0.39, 0.29) is 5.91 Å². The van der Waals surface area contributed by atoms with Crippen molar-refractivity contribution < 1.29 is 4.79 Å². The minimum atomic E-state index is 0.0567. The highest BCUT2D eigenvalue weighted by Gasteiger charge is 2.24. The molecule has 0 spiro atoms. The quantitative estimate of drug-likeness (QED) is 0.417.